The van der Waals surface area contributed by atoms with Crippen molar-refractivity contribution in [2.75, 3.05) is 5.75 Å². The Balaban J connectivity index is 1.85. The molecule has 0 radical (unpaired) electrons. The SMILES string of the molecule is NC1CC1C1CCCS1. The standard InChI is InChI=1S/C7H13NS/c8-6-4-5(6)7-2-1-3-9-7/h5-7H,1-4,8H2. The number of rotatable bonds is 1. The molecule has 2 fully saturated rings. The van der Waals surface area contributed by atoms with Gasteiger partial charge in [0.25, 0.3) is 0 Å². The largest absolute Gasteiger partial charge is 0.327 e. The monoisotopic (exact) mass is 143 g/mol. The van der Waals surface area contributed by atoms with Gasteiger partial charge in [-0.3, -0.25) is 0 Å². The zero-order valence-corrected chi connectivity index (χ0v) is 6.36. The predicted molar refractivity (Wildman–Crippen MR) is 41.6 cm³/mol. The Hall–Kier alpha value is 0.310. The highest BCUT2D eigenvalue weighted by Crippen LogP contribution is 2.43. The molecule has 2 rings (SSSR count). The fraction of sp³-hybridized carbons (Fsp3) is 1.00. The number of hydrogen-bond donors (Lipinski definition) is 1. The van der Waals surface area contributed by atoms with Crippen LogP contribution < -0.4 is 5.73 Å². The van der Waals surface area contributed by atoms with Gasteiger partial charge in [-0.05, 0) is 30.9 Å². The maximum Gasteiger partial charge on any atom is 0.00909 e. The molecule has 1 aliphatic carbocycles. The fourth-order valence-corrected chi connectivity index (χ4v) is 3.13. The maximum absolute atomic E-state index is 5.73. The van der Waals surface area contributed by atoms with E-state index in [0.29, 0.717) is 6.04 Å². The van der Waals surface area contributed by atoms with Crippen LogP contribution in [-0.2, 0) is 0 Å². The van der Waals surface area contributed by atoms with E-state index in [4.69, 9.17) is 5.73 Å². The molecule has 2 N–H and O–H groups in total. The van der Waals surface area contributed by atoms with Crippen LogP contribution in [0.5, 0.6) is 0 Å². The van der Waals surface area contributed by atoms with Crippen LogP contribution in [0.3, 0.4) is 0 Å². The smallest absolute Gasteiger partial charge is 0.00909 e. The summed E-state index contributed by atoms with van der Waals surface area (Å²) in [6.07, 6.45) is 4.17. The molecule has 1 saturated heterocycles. The third-order valence-corrected chi connectivity index (χ3v) is 3.87. The van der Waals surface area contributed by atoms with Crippen molar-refractivity contribution in [3.05, 3.63) is 0 Å². The van der Waals surface area contributed by atoms with Gasteiger partial charge < -0.3 is 5.73 Å². The molecule has 0 amide bonds. The lowest BCUT2D eigenvalue weighted by molar-refractivity contribution is 0.686. The van der Waals surface area contributed by atoms with Crippen LogP contribution in [0.2, 0.25) is 0 Å². The Labute approximate surface area is 60.4 Å². The topological polar surface area (TPSA) is 26.0 Å². The molecule has 2 aliphatic rings. The molecule has 0 aromatic rings. The molecule has 0 spiro atoms. The van der Waals surface area contributed by atoms with Crippen LogP contribution in [0.1, 0.15) is 19.3 Å². The summed E-state index contributed by atoms with van der Waals surface area (Å²) in [4.78, 5) is 0. The maximum atomic E-state index is 5.73. The van der Waals surface area contributed by atoms with Gasteiger partial charge >= 0.3 is 0 Å². The van der Waals surface area contributed by atoms with Crippen LogP contribution in [0, 0.1) is 5.92 Å². The third kappa shape index (κ3) is 1.10. The van der Waals surface area contributed by atoms with Crippen molar-refractivity contribution in [3.63, 3.8) is 0 Å². The number of thioether (sulfide) groups is 1. The lowest BCUT2D eigenvalue weighted by Crippen LogP contribution is -2.09. The predicted octanol–water partition coefficient (Wildman–Crippen LogP) is 1.23. The molecule has 1 saturated carbocycles. The minimum absolute atomic E-state index is 0.570. The Morgan fingerprint density at radius 2 is 2.22 bits per heavy atom. The normalized spacial score (nSPS) is 49.7. The van der Waals surface area contributed by atoms with Crippen LogP contribution in [0.4, 0.5) is 0 Å². The summed E-state index contributed by atoms with van der Waals surface area (Å²) in [5, 5.41) is 0.944. The second-order valence-corrected chi connectivity index (χ2v) is 4.46. The summed E-state index contributed by atoms with van der Waals surface area (Å²) >= 11 is 2.14. The van der Waals surface area contributed by atoms with Crippen molar-refractivity contribution in [3.8, 4) is 0 Å². The van der Waals surface area contributed by atoms with Crippen LogP contribution in [0.15, 0.2) is 0 Å². The molecule has 9 heavy (non-hydrogen) atoms. The van der Waals surface area contributed by atoms with Crippen molar-refractivity contribution in [2.45, 2.75) is 30.6 Å². The molecule has 3 unspecified atom stereocenters. The molecule has 3 atom stereocenters. The van der Waals surface area contributed by atoms with E-state index in [1.807, 2.05) is 0 Å². The summed E-state index contributed by atoms with van der Waals surface area (Å²) in [7, 11) is 0. The average molecular weight is 143 g/mol. The minimum atomic E-state index is 0.570. The lowest BCUT2D eigenvalue weighted by Gasteiger charge is -2.03. The van der Waals surface area contributed by atoms with Crippen molar-refractivity contribution in [1.29, 1.82) is 0 Å². The van der Waals surface area contributed by atoms with Crippen molar-refractivity contribution >= 4 is 11.8 Å². The van der Waals surface area contributed by atoms with E-state index in [2.05, 4.69) is 11.8 Å². The van der Waals surface area contributed by atoms with E-state index in [9.17, 15) is 0 Å². The van der Waals surface area contributed by atoms with E-state index in [1.165, 1.54) is 25.0 Å². The molecule has 1 nitrogen and oxygen atoms in total. The van der Waals surface area contributed by atoms with Crippen LogP contribution in [0.25, 0.3) is 0 Å². The second-order valence-electron chi connectivity index (χ2n) is 3.11. The first-order valence-corrected chi connectivity index (χ1v) is 4.80. The molecule has 2 heteroatoms. The Morgan fingerprint density at radius 1 is 1.44 bits per heavy atom. The van der Waals surface area contributed by atoms with Gasteiger partial charge in [-0.15, -0.1) is 0 Å². The zero-order valence-electron chi connectivity index (χ0n) is 5.55. The summed E-state index contributed by atoms with van der Waals surface area (Å²) in [5.74, 6) is 2.28. The van der Waals surface area contributed by atoms with E-state index < -0.39 is 0 Å². The van der Waals surface area contributed by atoms with E-state index >= 15 is 0 Å². The van der Waals surface area contributed by atoms with E-state index in [1.54, 1.807) is 0 Å². The fourth-order valence-electron chi connectivity index (χ4n) is 1.60. The van der Waals surface area contributed by atoms with Gasteiger partial charge in [0, 0.05) is 11.3 Å². The molecule has 0 bridgehead atoms. The molecule has 0 aromatic carbocycles. The summed E-state index contributed by atoms with van der Waals surface area (Å²) in [5.41, 5.74) is 5.73. The first-order chi connectivity index (χ1) is 4.38. The lowest BCUT2D eigenvalue weighted by atomic mass is 10.2. The third-order valence-electron chi connectivity index (χ3n) is 2.33. The number of hydrogen-bond acceptors (Lipinski definition) is 2. The summed E-state index contributed by atoms with van der Waals surface area (Å²) < 4.78 is 0. The minimum Gasteiger partial charge on any atom is -0.327 e. The van der Waals surface area contributed by atoms with Gasteiger partial charge in [-0.25, -0.2) is 0 Å². The second kappa shape index (κ2) is 2.17. The summed E-state index contributed by atoms with van der Waals surface area (Å²) in [6.45, 7) is 0. The van der Waals surface area contributed by atoms with Crippen molar-refractivity contribution < 1.29 is 0 Å². The van der Waals surface area contributed by atoms with Crippen LogP contribution >= 0.6 is 11.8 Å². The van der Waals surface area contributed by atoms with Crippen LogP contribution in [-0.4, -0.2) is 17.0 Å². The molecular formula is C7H13NS. The molecule has 0 aromatic heterocycles. The highest BCUT2D eigenvalue weighted by atomic mass is 32.2. The Kier molecular flexibility index (Phi) is 1.46. The average Bonchev–Trinajstić information content (AvgIpc) is 2.44. The van der Waals surface area contributed by atoms with Gasteiger partial charge in [-0.1, -0.05) is 0 Å². The molecule has 1 heterocycles. The highest BCUT2D eigenvalue weighted by Gasteiger charge is 2.41. The highest BCUT2D eigenvalue weighted by molar-refractivity contribution is 8.00. The van der Waals surface area contributed by atoms with Gasteiger partial charge in [0.2, 0.25) is 0 Å². The van der Waals surface area contributed by atoms with Crippen molar-refractivity contribution in [1.82, 2.24) is 0 Å². The van der Waals surface area contributed by atoms with Gasteiger partial charge in [0.1, 0.15) is 0 Å². The number of nitrogens with two attached hydrogens (primary N) is 1. The van der Waals surface area contributed by atoms with Gasteiger partial charge in [-0.2, -0.15) is 11.8 Å². The van der Waals surface area contributed by atoms with E-state index in [0.717, 1.165) is 11.2 Å². The zero-order chi connectivity index (χ0) is 6.27. The molecule has 1 aliphatic heterocycles. The van der Waals surface area contributed by atoms with Gasteiger partial charge in [0.15, 0.2) is 0 Å². The quantitative estimate of drug-likeness (QED) is 0.597. The Morgan fingerprint density at radius 3 is 2.67 bits per heavy atom. The van der Waals surface area contributed by atoms with Gasteiger partial charge in [0.05, 0.1) is 0 Å². The summed E-state index contributed by atoms with van der Waals surface area (Å²) in [6, 6.07) is 0.570. The molecular weight excluding hydrogens is 130 g/mol. The Bertz CT molecular complexity index is 109. The first-order valence-electron chi connectivity index (χ1n) is 3.75. The van der Waals surface area contributed by atoms with E-state index in [-0.39, 0.29) is 0 Å². The van der Waals surface area contributed by atoms with Crippen molar-refractivity contribution in [2.24, 2.45) is 11.7 Å². The molecule has 52 valence electrons. The first kappa shape index (κ1) is 6.05.